The Morgan fingerprint density at radius 3 is 3.04 bits per heavy atom. The van der Waals surface area contributed by atoms with E-state index in [-0.39, 0.29) is 18.7 Å². The lowest BCUT2D eigenvalue weighted by atomic mass is 9.74. The molecule has 0 N–H and O–H groups in total. The van der Waals surface area contributed by atoms with Crippen LogP contribution in [0.1, 0.15) is 32.1 Å². The Morgan fingerprint density at radius 2 is 2.14 bits per heavy atom. The predicted molar refractivity (Wildman–Crippen MR) is 101 cm³/mol. The van der Waals surface area contributed by atoms with E-state index in [1.165, 1.54) is 18.4 Å². The Bertz CT molecular complexity index is 942. The summed E-state index contributed by atoms with van der Waals surface area (Å²) in [6.07, 6.45) is 15.9. The van der Waals surface area contributed by atoms with E-state index >= 15 is 0 Å². The van der Waals surface area contributed by atoms with Crippen LogP contribution in [0.4, 0.5) is 0 Å². The Hall–Kier alpha value is -2.65. The minimum absolute atomic E-state index is 0.153. The van der Waals surface area contributed by atoms with Crippen LogP contribution in [0.5, 0.6) is 0 Å². The zero-order chi connectivity index (χ0) is 18.7. The van der Waals surface area contributed by atoms with Gasteiger partial charge in [0.25, 0.3) is 0 Å². The number of hydrogen-bond donors (Lipinski definition) is 0. The second kappa shape index (κ2) is 5.92. The summed E-state index contributed by atoms with van der Waals surface area (Å²) >= 11 is 0. The number of likely N-dealkylation sites (tertiary alicyclic amines) is 1. The smallest absolute Gasteiger partial charge is 0.241 e. The van der Waals surface area contributed by atoms with Crippen molar-refractivity contribution in [1.29, 1.82) is 0 Å². The summed E-state index contributed by atoms with van der Waals surface area (Å²) in [5, 5.41) is 0. The SMILES string of the molecule is O=C1N(CCC2CC2)C2CCC=CC=C2C12COC1=C2C=C=C2OCOC2=C1. The minimum atomic E-state index is -0.749. The topological polar surface area (TPSA) is 48.0 Å². The minimum Gasteiger partial charge on any atom is -0.491 e. The number of carbonyl (C=O) groups excluding carboxylic acids is 1. The summed E-state index contributed by atoms with van der Waals surface area (Å²) in [5.41, 5.74) is 4.50. The molecule has 3 heterocycles. The third kappa shape index (κ3) is 2.23. The van der Waals surface area contributed by atoms with Gasteiger partial charge in [-0.3, -0.25) is 4.79 Å². The average Bonchev–Trinajstić information content (AvgIpc) is 3.38. The molecule has 28 heavy (non-hydrogen) atoms. The van der Waals surface area contributed by atoms with Crippen LogP contribution in [0, 0.1) is 11.3 Å². The lowest BCUT2D eigenvalue weighted by Crippen LogP contribution is -2.39. The van der Waals surface area contributed by atoms with Crippen LogP contribution in [0.25, 0.3) is 0 Å². The fourth-order valence-corrected chi connectivity index (χ4v) is 5.08. The van der Waals surface area contributed by atoms with Crippen molar-refractivity contribution in [2.45, 2.75) is 38.1 Å². The van der Waals surface area contributed by atoms with Crippen molar-refractivity contribution >= 4 is 5.91 Å². The molecule has 144 valence electrons. The first-order chi connectivity index (χ1) is 13.8. The first-order valence-corrected chi connectivity index (χ1v) is 10.3. The quantitative estimate of drug-likeness (QED) is 0.707. The molecule has 1 saturated carbocycles. The van der Waals surface area contributed by atoms with Gasteiger partial charge in [0.05, 0.1) is 6.04 Å². The van der Waals surface area contributed by atoms with Crippen LogP contribution in [0.15, 0.2) is 64.5 Å². The summed E-state index contributed by atoms with van der Waals surface area (Å²) < 4.78 is 17.1. The maximum atomic E-state index is 13.9. The van der Waals surface area contributed by atoms with Crippen molar-refractivity contribution in [3.05, 3.63) is 64.5 Å². The number of fused-ring (bicyclic) bond motifs is 4. The lowest BCUT2D eigenvalue weighted by Gasteiger charge is -2.24. The molecule has 3 aliphatic carbocycles. The molecule has 6 aliphatic rings. The van der Waals surface area contributed by atoms with E-state index in [9.17, 15) is 4.79 Å². The van der Waals surface area contributed by atoms with E-state index in [1.807, 2.05) is 12.2 Å². The van der Waals surface area contributed by atoms with Crippen LogP contribution < -0.4 is 0 Å². The number of carbonyl (C=O) groups is 1. The third-order valence-electron chi connectivity index (χ3n) is 6.77. The Morgan fingerprint density at radius 1 is 1.21 bits per heavy atom. The van der Waals surface area contributed by atoms with Gasteiger partial charge in [-0.15, -0.1) is 0 Å². The monoisotopic (exact) mass is 377 g/mol. The second-order valence-electron chi connectivity index (χ2n) is 8.38. The normalized spacial score (nSPS) is 32.6. The number of rotatable bonds is 3. The molecule has 5 nitrogen and oxygen atoms in total. The predicted octanol–water partition coefficient (Wildman–Crippen LogP) is 3.49. The van der Waals surface area contributed by atoms with E-state index in [1.54, 1.807) is 0 Å². The molecule has 2 atom stereocenters. The van der Waals surface area contributed by atoms with Gasteiger partial charge in [-0.1, -0.05) is 36.8 Å². The van der Waals surface area contributed by atoms with Gasteiger partial charge in [0.1, 0.15) is 17.8 Å². The van der Waals surface area contributed by atoms with Gasteiger partial charge in [0, 0.05) is 18.2 Å². The van der Waals surface area contributed by atoms with E-state index in [0.717, 1.165) is 37.3 Å². The molecule has 0 aromatic rings. The van der Waals surface area contributed by atoms with E-state index in [0.29, 0.717) is 23.9 Å². The average molecular weight is 377 g/mol. The van der Waals surface area contributed by atoms with Gasteiger partial charge in [0.15, 0.2) is 5.76 Å². The molecule has 0 aromatic heterocycles. The highest BCUT2D eigenvalue weighted by atomic mass is 16.7. The van der Waals surface area contributed by atoms with Crippen molar-refractivity contribution in [3.63, 3.8) is 0 Å². The lowest BCUT2D eigenvalue weighted by molar-refractivity contribution is -0.135. The summed E-state index contributed by atoms with van der Waals surface area (Å²) in [5.74, 6) is 2.89. The van der Waals surface area contributed by atoms with Gasteiger partial charge in [0.2, 0.25) is 18.5 Å². The van der Waals surface area contributed by atoms with E-state index in [2.05, 4.69) is 28.9 Å². The van der Waals surface area contributed by atoms with Gasteiger partial charge in [-0.2, -0.15) is 0 Å². The van der Waals surface area contributed by atoms with Gasteiger partial charge >= 0.3 is 0 Å². The van der Waals surface area contributed by atoms with Crippen molar-refractivity contribution < 1.29 is 19.0 Å². The summed E-state index contributed by atoms with van der Waals surface area (Å²) in [4.78, 5) is 16.0. The van der Waals surface area contributed by atoms with Gasteiger partial charge < -0.3 is 19.1 Å². The van der Waals surface area contributed by atoms with Crippen molar-refractivity contribution in [2.24, 2.45) is 11.3 Å². The fraction of sp³-hybridized carbons (Fsp3) is 0.478. The van der Waals surface area contributed by atoms with Crippen LogP contribution >= 0.6 is 0 Å². The number of amides is 1. The maximum absolute atomic E-state index is 13.9. The van der Waals surface area contributed by atoms with Crippen LogP contribution in [-0.4, -0.2) is 36.8 Å². The molecule has 0 radical (unpaired) electrons. The highest BCUT2D eigenvalue weighted by Gasteiger charge is 2.60. The zero-order valence-corrected chi connectivity index (χ0v) is 15.8. The molecule has 3 fully saturated rings. The fourth-order valence-electron chi connectivity index (χ4n) is 5.08. The second-order valence-corrected chi connectivity index (χ2v) is 8.38. The summed E-state index contributed by atoms with van der Waals surface area (Å²) in [6.45, 7) is 1.39. The third-order valence-corrected chi connectivity index (χ3v) is 6.77. The van der Waals surface area contributed by atoms with Crippen molar-refractivity contribution in [3.8, 4) is 0 Å². The van der Waals surface area contributed by atoms with Crippen LogP contribution in [0.3, 0.4) is 0 Å². The molecule has 1 amide bonds. The van der Waals surface area contributed by atoms with Gasteiger partial charge in [-0.25, -0.2) is 0 Å². The molecule has 2 saturated heterocycles. The zero-order valence-electron chi connectivity index (χ0n) is 15.8. The molecule has 0 aromatic carbocycles. The van der Waals surface area contributed by atoms with E-state index in [4.69, 9.17) is 14.2 Å². The maximum Gasteiger partial charge on any atom is 0.241 e. The largest absolute Gasteiger partial charge is 0.491 e. The highest BCUT2D eigenvalue weighted by Crippen LogP contribution is 2.54. The number of ether oxygens (including phenoxy) is 3. The summed E-state index contributed by atoms with van der Waals surface area (Å²) in [6, 6.07) is 0.153. The Labute approximate surface area is 164 Å². The Kier molecular flexibility index (Phi) is 3.45. The molecule has 6 rings (SSSR count). The Balaban J connectivity index is 1.46. The first-order valence-electron chi connectivity index (χ1n) is 10.3. The van der Waals surface area contributed by atoms with Gasteiger partial charge in [-0.05, 0) is 36.8 Å². The molecule has 2 unspecified atom stereocenters. The molecule has 0 bridgehead atoms. The standard InChI is InChI=1S/C23H23NO4/c25-22-23(13-26-20-12-21-19(27-14-28-21)9-8-17(20)23)16-4-2-1-3-5-18(16)24(22)11-10-15-6-7-15/h1-2,4,8,12,15,18H,3,5-7,10-11,13-14H2. The number of nitrogens with zero attached hydrogens (tertiary/aromatic N) is 1. The van der Waals surface area contributed by atoms with Crippen LogP contribution in [-0.2, 0) is 19.0 Å². The molecule has 1 spiro atoms. The molecular weight excluding hydrogens is 354 g/mol. The van der Waals surface area contributed by atoms with Crippen molar-refractivity contribution in [2.75, 3.05) is 19.9 Å². The van der Waals surface area contributed by atoms with Crippen molar-refractivity contribution in [1.82, 2.24) is 4.90 Å². The first kappa shape index (κ1) is 16.3. The highest BCUT2D eigenvalue weighted by molar-refractivity contribution is 5.96. The van der Waals surface area contributed by atoms with Crippen LogP contribution in [0.2, 0.25) is 0 Å². The molecular formula is C23H23NO4. The molecule has 3 aliphatic heterocycles. The number of allylic oxidation sites excluding steroid dienone is 4. The summed E-state index contributed by atoms with van der Waals surface area (Å²) in [7, 11) is 0. The van der Waals surface area contributed by atoms with E-state index < -0.39 is 5.41 Å². The number of hydrogen-bond acceptors (Lipinski definition) is 4. The molecule has 5 heteroatoms.